The molecule has 0 spiro atoms. The monoisotopic (exact) mass is 295 g/mol. The zero-order valence-corrected chi connectivity index (χ0v) is 12.7. The van der Waals surface area contributed by atoms with Gasteiger partial charge in [-0.05, 0) is 39.0 Å². The third-order valence-corrected chi connectivity index (χ3v) is 3.81. The molecule has 0 unspecified atom stereocenters. The number of hydrogen-bond donors (Lipinski definition) is 1. The van der Waals surface area contributed by atoms with E-state index in [0.717, 1.165) is 32.1 Å². The van der Waals surface area contributed by atoms with Crippen LogP contribution in [0.25, 0.3) is 0 Å². The smallest absolute Gasteiger partial charge is 0.356 e. The van der Waals surface area contributed by atoms with E-state index in [9.17, 15) is 4.79 Å². The molecule has 0 bridgehead atoms. The summed E-state index contributed by atoms with van der Waals surface area (Å²) in [5.74, 6) is -0.322. The normalized spacial score (nSPS) is 22.2. The highest BCUT2D eigenvalue weighted by molar-refractivity contribution is 5.87. The van der Waals surface area contributed by atoms with Crippen LogP contribution in [0.1, 0.15) is 49.5 Å². The van der Waals surface area contributed by atoms with Crippen LogP contribution in [-0.4, -0.2) is 40.9 Å². The Kier molecular flexibility index (Phi) is 6.20. The molecule has 1 fully saturated rings. The van der Waals surface area contributed by atoms with Gasteiger partial charge in [0.2, 0.25) is 0 Å². The molecule has 2 N–H and O–H groups in total. The predicted octanol–water partition coefficient (Wildman–Crippen LogP) is 1.74. The molecule has 6 nitrogen and oxygen atoms in total. The highest BCUT2D eigenvalue weighted by Gasteiger charge is 2.18. The van der Waals surface area contributed by atoms with Crippen LogP contribution in [0, 0.1) is 0 Å². The van der Waals surface area contributed by atoms with Gasteiger partial charge in [-0.25, -0.2) is 9.78 Å². The minimum absolute atomic E-state index is 0.322. The van der Waals surface area contributed by atoms with Crippen LogP contribution < -0.4 is 5.73 Å². The van der Waals surface area contributed by atoms with Crippen molar-refractivity contribution in [2.24, 2.45) is 5.73 Å². The van der Waals surface area contributed by atoms with Gasteiger partial charge in [-0.15, -0.1) is 0 Å². The molecular weight excluding hydrogens is 270 g/mol. The van der Waals surface area contributed by atoms with E-state index in [1.165, 1.54) is 0 Å². The lowest BCUT2D eigenvalue weighted by molar-refractivity contribution is 0.0222. The van der Waals surface area contributed by atoms with Crippen LogP contribution >= 0.6 is 0 Å². The third-order valence-electron chi connectivity index (χ3n) is 3.81. The van der Waals surface area contributed by atoms with Crippen LogP contribution in [0.4, 0.5) is 0 Å². The molecule has 0 aromatic carbocycles. The minimum atomic E-state index is -0.322. The highest BCUT2D eigenvalue weighted by Crippen LogP contribution is 2.19. The molecule has 2 rings (SSSR count). The first kappa shape index (κ1) is 16.0. The zero-order chi connectivity index (χ0) is 15.1. The Labute approximate surface area is 125 Å². The Morgan fingerprint density at radius 2 is 2.19 bits per heavy atom. The Bertz CT molecular complexity index is 439. The van der Waals surface area contributed by atoms with Crippen molar-refractivity contribution in [2.75, 3.05) is 13.2 Å². The molecule has 0 amide bonds. The summed E-state index contributed by atoms with van der Waals surface area (Å²) in [6.07, 6.45) is 8.62. The van der Waals surface area contributed by atoms with Crippen LogP contribution in [0.2, 0.25) is 0 Å². The topological polar surface area (TPSA) is 79.4 Å². The fourth-order valence-corrected chi connectivity index (χ4v) is 2.61. The van der Waals surface area contributed by atoms with E-state index in [-0.39, 0.29) is 5.97 Å². The number of esters is 1. The van der Waals surface area contributed by atoms with Crippen LogP contribution in [0.3, 0.4) is 0 Å². The summed E-state index contributed by atoms with van der Waals surface area (Å²) >= 11 is 0. The average Bonchev–Trinajstić information content (AvgIpc) is 2.94. The van der Waals surface area contributed by atoms with Crippen molar-refractivity contribution in [3.8, 4) is 0 Å². The summed E-state index contributed by atoms with van der Waals surface area (Å²) < 4.78 is 12.7. The molecule has 0 atom stereocenters. The zero-order valence-electron chi connectivity index (χ0n) is 12.7. The van der Waals surface area contributed by atoms with Crippen molar-refractivity contribution in [1.82, 2.24) is 9.55 Å². The number of aryl methyl sites for hydroxylation is 1. The van der Waals surface area contributed by atoms with Gasteiger partial charge in [0, 0.05) is 19.2 Å². The second kappa shape index (κ2) is 8.14. The molecular formula is C15H25N3O3. The van der Waals surface area contributed by atoms with Gasteiger partial charge in [0.25, 0.3) is 0 Å². The summed E-state index contributed by atoms with van der Waals surface area (Å²) in [5, 5.41) is 0. The molecule has 21 heavy (non-hydrogen) atoms. The number of rotatable bonds is 7. The third kappa shape index (κ3) is 4.82. The Morgan fingerprint density at radius 3 is 2.90 bits per heavy atom. The van der Waals surface area contributed by atoms with E-state index in [1.54, 1.807) is 19.4 Å². The first-order valence-electron chi connectivity index (χ1n) is 7.75. The number of carbonyl (C=O) groups excluding carboxylic acids is 1. The molecule has 6 heteroatoms. The fraction of sp³-hybridized carbons (Fsp3) is 0.733. The molecule has 1 aromatic heterocycles. The lowest BCUT2D eigenvalue weighted by Crippen LogP contribution is -2.30. The first-order chi connectivity index (χ1) is 10.2. The molecule has 1 aromatic rings. The van der Waals surface area contributed by atoms with Crippen LogP contribution in [0.15, 0.2) is 12.5 Å². The molecule has 1 saturated carbocycles. The van der Waals surface area contributed by atoms with E-state index in [0.29, 0.717) is 37.6 Å². The first-order valence-corrected chi connectivity index (χ1v) is 7.75. The summed E-state index contributed by atoms with van der Waals surface area (Å²) in [6, 6.07) is 0.350. The lowest BCUT2D eigenvalue weighted by atomic mass is 9.94. The summed E-state index contributed by atoms with van der Waals surface area (Å²) in [5.41, 5.74) is 6.38. The SMILES string of the molecule is CCOC(=O)c1cncn1CCCOC1CCC(N)CC1. The van der Waals surface area contributed by atoms with Gasteiger partial charge in [0.05, 0.1) is 25.2 Å². The maximum atomic E-state index is 11.7. The number of nitrogens with zero attached hydrogens (tertiary/aromatic N) is 2. The number of hydrogen-bond acceptors (Lipinski definition) is 5. The van der Waals surface area contributed by atoms with Crippen LogP contribution in [-0.2, 0) is 16.0 Å². The molecule has 0 aliphatic heterocycles. The molecule has 1 aliphatic carbocycles. The standard InChI is InChI=1S/C15H25N3O3/c1-2-20-15(19)14-10-17-11-18(14)8-3-9-21-13-6-4-12(16)5-7-13/h10-13H,2-9,16H2,1H3. The number of carbonyl (C=O) groups is 1. The Morgan fingerprint density at radius 1 is 1.43 bits per heavy atom. The number of aromatic nitrogens is 2. The van der Waals surface area contributed by atoms with Gasteiger partial charge >= 0.3 is 5.97 Å². The van der Waals surface area contributed by atoms with E-state index in [2.05, 4.69) is 4.98 Å². The highest BCUT2D eigenvalue weighted by atomic mass is 16.5. The number of ether oxygens (including phenoxy) is 2. The summed E-state index contributed by atoms with van der Waals surface area (Å²) in [7, 11) is 0. The van der Waals surface area contributed by atoms with Crippen molar-refractivity contribution >= 4 is 5.97 Å². The second-order valence-corrected chi connectivity index (χ2v) is 5.45. The molecule has 1 heterocycles. The minimum Gasteiger partial charge on any atom is -0.461 e. The Hall–Kier alpha value is -1.40. The molecule has 0 radical (unpaired) electrons. The molecule has 118 valence electrons. The molecule has 1 aliphatic rings. The van der Waals surface area contributed by atoms with E-state index >= 15 is 0 Å². The van der Waals surface area contributed by atoms with Gasteiger partial charge < -0.3 is 19.8 Å². The van der Waals surface area contributed by atoms with E-state index in [1.807, 2.05) is 4.57 Å². The second-order valence-electron chi connectivity index (χ2n) is 5.45. The van der Waals surface area contributed by atoms with Crippen molar-refractivity contribution in [2.45, 2.75) is 57.7 Å². The van der Waals surface area contributed by atoms with E-state index < -0.39 is 0 Å². The maximum Gasteiger partial charge on any atom is 0.356 e. The Balaban J connectivity index is 1.69. The average molecular weight is 295 g/mol. The van der Waals surface area contributed by atoms with Crippen molar-refractivity contribution in [1.29, 1.82) is 0 Å². The number of nitrogens with two attached hydrogens (primary N) is 1. The van der Waals surface area contributed by atoms with Crippen molar-refractivity contribution in [3.05, 3.63) is 18.2 Å². The summed E-state index contributed by atoms with van der Waals surface area (Å²) in [4.78, 5) is 15.7. The number of imidazole rings is 1. The largest absolute Gasteiger partial charge is 0.461 e. The van der Waals surface area contributed by atoms with Gasteiger partial charge in [-0.3, -0.25) is 0 Å². The lowest BCUT2D eigenvalue weighted by Gasteiger charge is -2.26. The van der Waals surface area contributed by atoms with E-state index in [4.69, 9.17) is 15.2 Å². The van der Waals surface area contributed by atoms with Gasteiger partial charge in [0.1, 0.15) is 5.69 Å². The van der Waals surface area contributed by atoms with Crippen LogP contribution in [0.5, 0.6) is 0 Å². The predicted molar refractivity (Wildman–Crippen MR) is 79.0 cm³/mol. The van der Waals surface area contributed by atoms with Crippen molar-refractivity contribution in [3.63, 3.8) is 0 Å². The summed E-state index contributed by atoms with van der Waals surface area (Å²) in [6.45, 7) is 3.57. The maximum absolute atomic E-state index is 11.7. The van der Waals surface area contributed by atoms with Gasteiger partial charge in [-0.2, -0.15) is 0 Å². The quantitative estimate of drug-likeness (QED) is 0.612. The molecule has 0 saturated heterocycles. The fourth-order valence-electron chi connectivity index (χ4n) is 2.61. The van der Waals surface area contributed by atoms with Crippen molar-refractivity contribution < 1.29 is 14.3 Å². The van der Waals surface area contributed by atoms with Gasteiger partial charge in [0.15, 0.2) is 0 Å². The van der Waals surface area contributed by atoms with Gasteiger partial charge in [-0.1, -0.05) is 0 Å².